The highest BCUT2D eigenvalue weighted by atomic mass is 32.2. The van der Waals surface area contributed by atoms with Crippen molar-refractivity contribution in [3.05, 3.63) is 0 Å². The summed E-state index contributed by atoms with van der Waals surface area (Å²) in [6.07, 6.45) is 0.316. The largest absolute Gasteiger partial charge is 0.390 e. The first-order valence-electron chi connectivity index (χ1n) is 4.61. The van der Waals surface area contributed by atoms with Crippen LogP contribution in [0.1, 0.15) is 13.3 Å². The van der Waals surface area contributed by atoms with E-state index in [9.17, 15) is 5.11 Å². The molecule has 1 aliphatic heterocycles. The molecule has 1 heterocycles. The van der Waals surface area contributed by atoms with Gasteiger partial charge in [0.1, 0.15) is 0 Å². The van der Waals surface area contributed by atoms with Crippen molar-refractivity contribution in [1.82, 2.24) is 4.90 Å². The number of aliphatic hydroxyl groups excluding tert-OH is 1. The Bertz CT molecular complexity index is 209. The number of hydrogen-bond donors (Lipinski definition) is 1. The summed E-state index contributed by atoms with van der Waals surface area (Å²) in [5.41, 5.74) is 0. The van der Waals surface area contributed by atoms with Crippen molar-refractivity contribution >= 4 is 11.8 Å². The molecule has 0 bridgehead atoms. The second kappa shape index (κ2) is 5.54. The Morgan fingerprint density at radius 2 is 2.46 bits per heavy atom. The molecule has 1 fully saturated rings. The number of thioether (sulfide) groups is 1. The molecule has 0 amide bonds. The minimum absolute atomic E-state index is 0.287. The van der Waals surface area contributed by atoms with Gasteiger partial charge in [-0.1, -0.05) is 0 Å². The van der Waals surface area contributed by atoms with Gasteiger partial charge in [0.25, 0.3) is 0 Å². The van der Waals surface area contributed by atoms with Crippen LogP contribution >= 0.6 is 11.8 Å². The summed E-state index contributed by atoms with van der Waals surface area (Å²) in [5.74, 6) is 7.96. The van der Waals surface area contributed by atoms with Crippen molar-refractivity contribution in [2.75, 3.05) is 25.1 Å². The van der Waals surface area contributed by atoms with Gasteiger partial charge in [0.2, 0.25) is 0 Å². The molecular formula is C10H17NOS. The van der Waals surface area contributed by atoms with Gasteiger partial charge in [-0.15, -0.1) is 11.8 Å². The van der Waals surface area contributed by atoms with E-state index in [1.165, 1.54) is 5.75 Å². The summed E-state index contributed by atoms with van der Waals surface area (Å²) >= 11 is 1.92. The molecule has 74 valence electrons. The lowest BCUT2D eigenvalue weighted by atomic mass is 10.1. The van der Waals surface area contributed by atoms with Crippen LogP contribution in [0.4, 0.5) is 0 Å². The van der Waals surface area contributed by atoms with Crippen molar-refractivity contribution in [3.8, 4) is 11.8 Å². The third-order valence-corrected chi connectivity index (χ3v) is 3.42. The molecule has 1 saturated heterocycles. The summed E-state index contributed by atoms with van der Waals surface area (Å²) in [7, 11) is 2.08. The molecular weight excluding hydrogens is 182 g/mol. The lowest BCUT2D eigenvalue weighted by Gasteiger charge is -2.34. The lowest BCUT2D eigenvalue weighted by molar-refractivity contribution is 0.0799. The third kappa shape index (κ3) is 3.22. The molecule has 1 rings (SSSR count). The van der Waals surface area contributed by atoms with Crippen LogP contribution < -0.4 is 0 Å². The highest BCUT2D eigenvalue weighted by Gasteiger charge is 2.25. The number of nitrogens with zero attached hydrogens (tertiary/aromatic N) is 1. The molecule has 0 aromatic carbocycles. The molecule has 0 spiro atoms. The number of aliphatic hydroxyl groups is 1. The topological polar surface area (TPSA) is 23.5 Å². The van der Waals surface area contributed by atoms with E-state index in [0.717, 1.165) is 12.3 Å². The van der Waals surface area contributed by atoms with Crippen LogP contribution in [0.2, 0.25) is 0 Å². The maximum Gasteiger partial charge on any atom is 0.0812 e. The van der Waals surface area contributed by atoms with Gasteiger partial charge in [0, 0.05) is 30.5 Å². The second-order valence-corrected chi connectivity index (χ2v) is 4.47. The zero-order valence-electron chi connectivity index (χ0n) is 8.29. The zero-order valence-corrected chi connectivity index (χ0v) is 9.10. The van der Waals surface area contributed by atoms with Gasteiger partial charge in [-0.3, -0.25) is 4.90 Å². The van der Waals surface area contributed by atoms with E-state index in [4.69, 9.17) is 0 Å². The van der Waals surface area contributed by atoms with E-state index in [2.05, 4.69) is 23.8 Å². The second-order valence-electron chi connectivity index (χ2n) is 3.32. The van der Waals surface area contributed by atoms with E-state index >= 15 is 0 Å². The van der Waals surface area contributed by atoms with Crippen molar-refractivity contribution < 1.29 is 5.11 Å². The Morgan fingerprint density at radius 3 is 3.08 bits per heavy atom. The summed E-state index contributed by atoms with van der Waals surface area (Å²) in [6.45, 7) is 2.89. The normalized spacial score (nSPS) is 26.2. The maximum atomic E-state index is 9.82. The van der Waals surface area contributed by atoms with Crippen LogP contribution in [0.25, 0.3) is 0 Å². The molecule has 1 N–H and O–H groups in total. The monoisotopic (exact) mass is 199 g/mol. The average molecular weight is 199 g/mol. The lowest BCUT2D eigenvalue weighted by Crippen LogP contribution is -2.46. The van der Waals surface area contributed by atoms with E-state index in [1.54, 1.807) is 0 Å². The van der Waals surface area contributed by atoms with E-state index in [1.807, 2.05) is 18.7 Å². The van der Waals surface area contributed by atoms with E-state index in [-0.39, 0.29) is 6.10 Å². The fourth-order valence-electron chi connectivity index (χ4n) is 1.45. The number of hydrogen-bond acceptors (Lipinski definition) is 3. The first kappa shape index (κ1) is 10.9. The van der Waals surface area contributed by atoms with E-state index < -0.39 is 0 Å². The highest BCUT2D eigenvalue weighted by Crippen LogP contribution is 2.18. The first-order chi connectivity index (χ1) is 6.25. The van der Waals surface area contributed by atoms with Gasteiger partial charge < -0.3 is 5.11 Å². The zero-order chi connectivity index (χ0) is 9.68. The fourth-order valence-corrected chi connectivity index (χ4v) is 2.76. The molecule has 2 unspecified atom stereocenters. The molecule has 3 heteroatoms. The van der Waals surface area contributed by atoms with Crippen LogP contribution in [-0.4, -0.2) is 47.3 Å². The highest BCUT2D eigenvalue weighted by molar-refractivity contribution is 7.99. The van der Waals surface area contributed by atoms with E-state index in [0.29, 0.717) is 12.5 Å². The molecule has 1 aliphatic rings. The summed E-state index contributed by atoms with van der Waals surface area (Å²) in [4.78, 5) is 2.23. The average Bonchev–Trinajstić information content (AvgIpc) is 2.15. The van der Waals surface area contributed by atoms with Crippen LogP contribution in [0.5, 0.6) is 0 Å². The van der Waals surface area contributed by atoms with Gasteiger partial charge in [0.05, 0.1) is 6.10 Å². The van der Waals surface area contributed by atoms with Crippen LogP contribution in [0, 0.1) is 11.8 Å². The minimum atomic E-state index is -0.287. The van der Waals surface area contributed by atoms with Gasteiger partial charge in [-0.05, 0) is 14.0 Å². The smallest absolute Gasteiger partial charge is 0.0812 e. The molecule has 0 aliphatic carbocycles. The SMILES string of the molecule is CC#CCC(O)C1CSCCN1C. The number of likely N-dealkylation sites (N-methyl/N-ethyl adjacent to an activating group) is 1. The van der Waals surface area contributed by atoms with Crippen LogP contribution in [0.15, 0.2) is 0 Å². The molecule has 0 aromatic heterocycles. The molecule has 0 saturated carbocycles. The van der Waals surface area contributed by atoms with Crippen LogP contribution in [-0.2, 0) is 0 Å². The molecule has 2 atom stereocenters. The molecule has 2 nitrogen and oxygen atoms in total. The van der Waals surface area contributed by atoms with Crippen molar-refractivity contribution in [1.29, 1.82) is 0 Å². The summed E-state index contributed by atoms with van der Waals surface area (Å²) < 4.78 is 0. The Labute approximate surface area is 84.7 Å². The van der Waals surface area contributed by atoms with Crippen molar-refractivity contribution in [2.24, 2.45) is 0 Å². The predicted molar refractivity (Wildman–Crippen MR) is 57.8 cm³/mol. The summed E-state index contributed by atoms with van der Waals surface area (Å²) in [6, 6.07) is 0.291. The Hall–Kier alpha value is -0.170. The summed E-state index contributed by atoms with van der Waals surface area (Å²) in [5, 5.41) is 9.82. The molecule has 13 heavy (non-hydrogen) atoms. The van der Waals surface area contributed by atoms with Crippen molar-refractivity contribution in [2.45, 2.75) is 25.5 Å². The Morgan fingerprint density at radius 1 is 1.69 bits per heavy atom. The first-order valence-corrected chi connectivity index (χ1v) is 5.77. The predicted octanol–water partition coefficient (Wildman–Crippen LogP) is 0.808. The van der Waals surface area contributed by atoms with Gasteiger partial charge in [0.15, 0.2) is 0 Å². The number of rotatable bonds is 2. The van der Waals surface area contributed by atoms with Crippen molar-refractivity contribution in [3.63, 3.8) is 0 Å². The van der Waals surface area contributed by atoms with Gasteiger partial charge >= 0.3 is 0 Å². The van der Waals surface area contributed by atoms with Gasteiger partial charge in [-0.2, -0.15) is 11.8 Å². The molecule has 0 aromatic rings. The Balaban J connectivity index is 2.41. The maximum absolute atomic E-state index is 9.82. The van der Waals surface area contributed by atoms with Crippen LogP contribution in [0.3, 0.4) is 0 Å². The minimum Gasteiger partial charge on any atom is -0.390 e. The quantitative estimate of drug-likeness (QED) is 0.666. The standard InChI is InChI=1S/C10H17NOS/c1-3-4-5-10(12)9-8-13-7-6-11(9)2/h9-10,12H,5-8H2,1-2H3. The Kier molecular flexibility index (Phi) is 4.65. The van der Waals surface area contributed by atoms with Gasteiger partial charge in [-0.25, -0.2) is 0 Å². The fraction of sp³-hybridized carbons (Fsp3) is 0.800. The third-order valence-electron chi connectivity index (χ3n) is 2.38. The molecule has 0 radical (unpaired) electrons.